The Bertz CT molecular complexity index is 784. The number of ether oxygens (including phenoxy) is 1. The van der Waals surface area contributed by atoms with E-state index in [1.165, 1.54) is 6.33 Å². The van der Waals surface area contributed by atoms with E-state index in [1.54, 1.807) is 19.7 Å². The van der Waals surface area contributed by atoms with Crippen LogP contribution >= 0.6 is 0 Å². The molecule has 0 bridgehead atoms. The highest BCUT2D eigenvalue weighted by molar-refractivity contribution is 5.93. The van der Waals surface area contributed by atoms with Crippen LogP contribution in [0.1, 0.15) is 0 Å². The molecule has 2 aromatic carbocycles. The fourth-order valence-electron chi connectivity index (χ4n) is 2.25. The van der Waals surface area contributed by atoms with Crippen LogP contribution in [0.3, 0.4) is 0 Å². The van der Waals surface area contributed by atoms with Crippen molar-refractivity contribution in [3.63, 3.8) is 0 Å². The summed E-state index contributed by atoms with van der Waals surface area (Å²) in [6, 6.07) is 13.7. The number of nitrogens with two attached hydrogens (primary N) is 1. The topological polar surface area (TPSA) is 72.9 Å². The van der Waals surface area contributed by atoms with Crippen molar-refractivity contribution >= 4 is 28.1 Å². The first-order valence-electron chi connectivity index (χ1n) is 7.20. The van der Waals surface area contributed by atoms with Gasteiger partial charge in [0.25, 0.3) is 0 Å². The van der Waals surface area contributed by atoms with Gasteiger partial charge < -0.3 is 10.1 Å². The fourth-order valence-corrected chi connectivity index (χ4v) is 2.25. The van der Waals surface area contributed by atoms with Gasteiger partial charge in [0, 0.05) is 23.2 Å². The summed E-state index contributed by atoms with van der Waals surface area (Å²) in [6.45, 7) is 0. The number of hydrogen-bond donors (Lipinski definition) is 2. The van der Waals surface area contributed by atoms with Crippen molar-refractivity contribution in [3.8, 4) is 5.75 Å². The summed E-state index contributed by atoms with van der Waals surface area (Å²) < 4.78 is 14.9. The average Bonchev–Trinajstić information content (AvgIpc) is 2.64. The van der Waals surface area contributed by atoms with E-state index in [0.29, 0.717) is 12.9 Å². The molecule has 0 spiro atoms. The zero-order chi connectivity index (χ0) is 17.4. The van der Waals surface area contributed by atoms with E-state index in [9.17, 15) is 4.39 Å². The van der Waals surface area contributed by atoms with E-state index in [-0.39, 0.29) is 0 Å². The lowest BCUT2D eigenvalue weighted by molar-refractivity contribution is -0.830. The van der Waals surface area contributed by atoms with E-state index in [2.05, 4.69) is 15.3 Å². The Morgan fingerprint density at radius 2 is 1.79 bits per heavy atom. The lowest BCUT2D eigenvalue weighted by Gasteiger charge is -2.10. The van der Waals surface area contributed by atoms with Crippen LogP contribution in [0.5, 0.6) is 5.75 Å². The van der Waals surface area contributed by atoms with Crippen LogP contribution in [-0.2, 0) is 4.84 Å². The SMILES string of the molecule is CF.CO[NH2+]c1cc2c(Nc3ccccc3)ncnc2cc1OC. The summed E-state index contributed by atoms with van der Waals surface area (Å²) in [4.78, 5) is 13.8. The number of nitrogens with one attached hydrogen (secondary N) is 1. The summed E-state index contributed by atoms with van der Waals surface area (Å²) in [7, 11) is 3.73. The maximum absolute atomic E-state index is 9.50. The van der Waals surface area contributed by atoms with Crippen LogP contribution in [0.2, 0.25) is 0 Å². The Labute approximate surface area is 139 Å². The number of aromatic nitrogens is 2. The molecule has 0 aliphatic heterocycles. The predicted octanol–water partition coefficient (Wildman–Crippen LogP) is 2.72. The minimum Gasteiger partial charge on any atom is -0.491 e. The third kappa shape index (κ3) is 3.95. The van der Waals surface area contributed by atoms with Crippen molar-refractivity contribution in [2.24, 2.45) is 0 Å². The third-order valence-corrected chi connectivity index (χ3v) is 3.27. The molecule has 24 heavy (non-hydrogen) atoms. The smallest absolute Gasteiger partial charge is 0.205 e. The van der Waals surface area contributed by atoms with E-state index < -0.39 is 0 Å². The lowest BCUT2D eigenvalue weighted by Crippen LogP contribution is -2.76. The second kappa shape index (κ2) is 8.76. The van der Waals surface area contributed by atoms with Crippen molar-refractivity contribution in [2.75, 3.05) is 26.7 Å². The van der Waals surface area contributed by atoms with Crippen LogP contribution in [-0.4, -0.2) is 31.4 Å². The minimum absolute atomic E-state index is 0.500. The maximum atomic E-state index is 9.50. The molecule has 3 aromatic rings. The normalized spacial score (nSPS) is 10.0. The van der Waals surface area contributed by atoms with Gasteiger partial charge in [0.15, 0.2) is 5.75 Å². The molecule has 0 amide bonds. The average molecular weight is 331 g/mol. The molecular weight excluding hydrogens is 311 g/mol. The van der Waals surface area contributed by atoms with Crippen LogP contribution in [0.25, 0.3) is 10.9 Å². The molecule has 0 saturated heterocycles. The van der Waals surface area contributed by atoms with E-state index in [4.69, 9.17) is 9.57 Å². The van der Waals surface area contributed by atoms with Crippen molar-refractivity contribution in [1.82, 2.24) is 9.97 Å². The van der Waals surface area contributed by atoms with Crippen molar-refractivity contribution in [1.29, 1.82) is 0 Å². The lowest BCUT2D eigenvalue weighted by atomic mass is 10.2. The van der Waals surface area contributed by atoms with Gasteiger partial charge in [0.05, 0.1) is 26.9 Å². The second-order valence-electron chi connectivity index (χ2n) is 4.68. The number of quaternary nitrogens is 1. The number of anilines is 2. The Balaban J connectivity index is 0.00000100. The molecule has 0 saturated carbocycles. The summed E-state index contributed by atoms with van der Waals surface area (Å²) in [5.74, 6) is 1.45. The van der Waals surface area contributed by atoms with Gasteiger partial charge in [-0.15, -0.1) is 0 Å². The molecule has 0 aliphatic rings. The largest absolute Gasteiger partial charge is 0.491 e. The molecule has 0 atom stereocenters. The first-order chi connectivity index (χ1) is 11.8. The van der Waals surface area contributed by atoms with Gasteiger partial charge in [-0.3, -0.25) is 4.39 Å². The molecule has 7 heteroatoms. The zero-order valence-electron chi connectivity index (χ0n) is 13.8. The molecule has 1 aromatic heterocycles. The Hall–Kier alpha value is -2.77. The standard InChI is InChI=1S/C16H16N4O2.CH3F/c1-21-15-9-13-12(8-14(15)20-22-2)16(18-10-17-13)19-11-6-4-3-5-7-11;1-2/h3-10,20H,1-2H3,(H,17,18,19);1H3/p+1. The minimum atomic E-state index is 0.500. The number of benzene rings is 2. The maximum Gasteiger partial charge on any atom is 0.205 e. The number of para-hydroxylation sites is 1. The quantitative estimate of drug-likeness (QED) is 0.555. The molecular formula is C17H20FN4O2+. The molecule has 0 aliphatic carbocycles. The molecule has 3 rings (SSSR count). The number of rotatable bonds is 5. The van der Waals surface area contributed by atoms with Gasteiger partial charge in [-0.1, -0.05) is 18.2 Å². The zero-order valence-corrected chi connectivity index (χ0v) is 13.8. The summed E-state index contributed by atoms with van der Waals surface area (Å²) in [5, 5.41) is 4.21. The van der Waals surface area contributed by atoms with Gasteiger partial charge in [-0.2, -0.15) is 5.48 Å². The number of alkyl halides is 1. The van der Waals surface area contributed by atoms with Gasteiger partial charge in [0.2, 0.25) is 5.69 Å². The number of halogens is 1. The van der Waals surface area contributed by atoms with Crippen molar-refractivity contribution in [3.05, 3.63) is 48.8 Å². The Morgan fingerprint density at radius 1 is 1.04 bits per heavy atom. The monoisotopic (exact) mass is 331 g/mol. The highest BCUT2D eigenvalue weighted by atomic mass is 19.1. The van der Waals surface area contributed by atoms with Crippen molar-refractivity contribution < 1.29 is 19.4 Å². The van der Waals surface area contributed by atoms with E-state index >= 15 is 0 Å². The number of nitrogens with zero attached hydrogens (tertiary/aromatic N) is 2. The van der Waals surface area contributed by atoms with Gasteiger partial charge in [0.1, 0.15) is 12.1 Å². The third-order valence-electron chi connectivity index (χ3n) is 3.27. The first-order valence-corrected chi connectivity index (χ1v) is 7.20. The van der Waals surface area contributed by atoms with Crippen LogP contribution in [0.4, 0.5) is 21.6 Å². The first kappa shape index (κ1) is 17.6. The second-order valence-corrected chi connectivity index (χ2v) is 4.68. The number of hydrogen-bond acceptors (Lipinski definition) is 5. The molecule has 0 unspecified atom stereocenters. The van der Waals surface area contributed by atoms with E-state index in [1.807, 2.05) is 42.5 Å². The number of methoxy groups -OCH3 is 1. The highest BCUT2D eigenvalue weighted by Crippen LogP contribution is 2.30. The summed E-state index contributed by atoms with van der Waals surface area (Å²) >= 11 is 0. The van der Waals surface area contributed by atoms with E-state index in [0.717, 1.165) is 28.1 Å². The Morgan fingerprint density at radius 3 is 2.46 bits per heavy atom. The number of fused-ring (bicyclic) bond motifs is 1. The fraction of sp³-hybridized carbons (Fsp3) is 0.176. The highest BCUT2D eigenvalue weighted by Gasteiger charge is 2.13. The van der Waals surface area contributed by atoms with Gasteiger partial charge in [-0.05, 0) is 12.1 Å². The predicted molar refractivity (Wildman–Crippen MR) is 91.4 cm³/mol. The van der Waals surface area contributed by atoms with Gasteiger partial charge >= 0.3 is 0 Å². The molecule has 0 fully saturated rings. The molecule has 6 nitrogen and oxygen atoms in total. The molecule has 3 N–H and O–H groups in total. The van der Waals surface area contributed by atoms with Crippen LogP contribution < -0.4 is 15.5 Å². The van der Waals surface area contributed by atoms with Crippen LogP contribution in [0.15, 0.2) is 48.8 Å². The molecule has 0 radical (unpaired) electrons. The van der Waals surface area contributed by atoms with Crippen molar-refractivity contribution in [2.45, 2.75) is 0 Å². The summed E-state index contributed by atoms with van der Waals surface area (Å²) in [6.07, 6.45) is 1.53. The van der Waals surface area contributed by atoms with Crippen LogP contribution in [0, 0.1) is 0 Å². The summed E-state index contributed by atoms with van der Waals surface area (Å²) in [5.41, 5.74) is 4.25. The molecule has 126 valence electrons. The van der Waals surface area contributed by atoms with Gasteiger partial charge in [-0.25, -0.2) is 14.8 Å². The molecule has 1 heterocycles. The Kier molecular flexibility index (Phi) is 6.41.